The molecule has 0 saturated heterocycles. The molecule has 5 nitrogen and oxygen atoms in total. The molecule has 0 aliphatic heterocycles. The number of carbonyl (C=O) groups excluding carboxylic acids is 1. The smallest absolute Gasteiger partial charge is 0.130 e. The second kappa shape index (κ2) is 3.96. The average Bonchev–Trinajstić information content (AvgIpc) is 2.48. The predicted octanol–water partition coefficient (Wildman–Crippen LogP) is -0.284. The largest absolute Gasteiger partial charge is 0.312 e. The van der Waals surface area contributed by atoms with Crippen molar-refractivity contribution in [1.82, 2.24) is 15.0 Å². The van der Waals surface area contributed by atoms with Gasteiger partial charge in [0.1, 0.15) is 5.78 Å². The van der Waals surface area contributed by atoms with Crippen molar-refractivity contribution in [3.63, 3.8) is 0 Å². The van der Waals surface area contributed by atoms with Crippen molar-refractivity contribution in [2.45, 2.75) is 26.4 Å². The second-order valence-electron chi connectivity index (χ2n) is 2.63. The van der Waals surface area contributed by atoms with Crippen LogP contribution in [-0.4, -0.2) is 20.8 Å². The predicted molar refractivity (Wildman–Crippen MR) is 43.2 cm³/mol. The van der Waals surface area contributed by atoms with Gasteiger partial charge in [0.05, 0.1) is 12.4 Å². The Kier molecular flexibility index (Phi) is 2.93. The molecule has 2 N–H and O–H groups in total. The SMILES string of the molecule is CC(=O)CCc1cn(CN)nn1. The van der Waals surface area contributed by atoms with E-state index in [0.29, 0.717) is 19.5 Å². The monoisotopic (exact) mass is 168 g/mol. The molecule has 0 amide bonds. The van der Waals surface area contributed by atoms with Gasteiger partial charge in [0.2, 0.25) is 0 Å². The normalized spacial score (nSPS) is 10.2. The molecular weight excluding hydrogens is 156 g/mol. The van der Waals surface area contributed by atoms with E-state index in [-0.39, 0.29) is 5.78 Å². The first-order valence-electron chi connectivity index (χ1n) is 3.81. The lowest BCUT2D eigenvalue weighted by Gasteiger charge is -1.90. The van der Waals surface area contributed by atoms with Gasteiger partial charge in [-0.15, -0.1) is 5.10 Å². The van der Waals surface area contributed by atoms with Crippen LogP contribution in [0.2, 0.25) is 0 Å². The molecule has 66 valence electrons. The molecule has 0 fully saturated rings. The molecule has 0 atom stereocenters. The molecule has 12 heavy (non-hydrogen) atoms. The van der Waals surface area contributed by atoms with E-state index < -0.39 is 0 Å². The summed E-state index contributed by atoms with van der Waals surface area (Å²) in [6.45, 7) is 1.89. The Morgan fingerprint density at radius 1 is 1.75 bits per heavy atom. The molecule has 0 aromatic carbocycles. The third kappa shape index (κ3) is 2.43. The van der Waals surface area contributed by atoms with Crippen LogP contribution in [0.25, 0.3) is 0 Å². The topological polar surface area (TPSA) is 73.8 Å². The summed E-state index contributed by atoms with van der Waals surface area (Å²) < 4.78 is 1.54. The Morgan fingerprint density at radius 2 is 2.50 bits per heavy atom. The lowest BCUT2D eigenvalue weighted by molar-refractivity contribution is -0.116. The van der Waals surface area contributed by atoms with Crippen LogP contribution in [0.5, 0.6) is 0 Å². The zero-order valence-electron chi connectivity index (χ0n) is 7.03. The van der Waals surface area contributed by atoms with E-state index in [4.69, 9.17) is 5.73 Å². The first-order chi connectivity index (χ1) is 5.72. The summed E-state index contributed by atoms with van der Waals surface area (Å²) in [4.78, 5) is 10.6. The Bertz CT molecular complexity index is 268. The van der Waals surface area contributed by atoms with Crippen LogP contribution >= 0.6 is 0 Å². The fraction of sp³-hybridized carbons (Fsp3) is 0.571. The number of aromatic nitrogens is 3. The molecular formula is C7H12N4O. The van der Waals surface area contributed by atoms with Crippen molar-refractivity contribution in [2.24, 2.45) is 5.73 Å². The molecule has 0 aliphatic rings. The standard InChI is InChI=1S/C7H12N4O/c1-6(12)2-3-7-4-11(5-8)10-9-7/h4H,2-3,5,8H2,1H3. The maximum atomic E-state index is 10.6. The lowest BCUT2D eigenvalue weighted by atomic mass is 10.2. The van der Waals surface area contributed by atoms with Gasteiger partial charge >= 0.3 is 0 Å². The molecule has 0 aliphatic carbocycles. The fourth-order valence-corrected chi connectivity index (χ4v) is 0.846. The maximum Gasteiger partial charge on any atom is 0.130 e. The Hall–Kier alpha value is -1.23. The van der Waals surface area contributed by atoms with Crippen molar-refractivity contribution in [3.05, 3.63) is 11.9 Å². The Morgan fingerprint density at radius 3 is 3.00 bits per heavy atom. The van der Waals surface area contributed by atoms with Gasteiger partial charge in [-0.3, -0.25) is 0 Å². The van der Waals surface area contributed by atoms with Gasteiger partial charge in [0, 0.05) is 12.6 Å². The van der Waals surface area contributed by atoms with Crippen LogP contribution in [0, 0.1) is 0 Å². The highest BCUT2D eigenvalue weighted by atomic mass is 16.1. The highest BCUT2D eigenvalue weighted by molar-refractivity contribution is 5.75. The zero-order valence-corrected chi connectivity index (χ0v) is 7.03. The van der Waals surface area contributed by atoms with Gasteiger partial charge in [-0.25, -0.2) is 4.68 Å². The van der Waals surface area contributed by atoms with E-state index in [0.717, 1.165) is 5.69 Å². The molecule has 0 spiro atoms. The summed E-state index contributed by atoms with van der Waals surface area (Å²) in [5.74, 6) is 0.164. The van der Waals surface area contributed by atoms with Gasteiger partial charge in [-0.2, -0.15) is 0 Å². The average molecular weight is 168 g/mol. The number of aryl methyl sites for hydroxylation is 1. The van der Waals surface area contributed by atoms with Crippen molar-refractivity contribution in [2.75, 3.05) is 0 Å². The highest BCUT2D eigenvalue weighted by Gasteiger charge is 2.00. The van der Waals surface area contributed by atoms with Crippen LogP contribution in [0.1, 0.15) is 19.0 Å². The van der Waals surface area contributed by atoms with Gasteiger partial charge in [0.15, 0.2) is 0 Å². The van der Waals surface area contributed by atoms with E-state index >= 15 is 0 Å². The quantitative estimate of drug-likeness (QED) is 0.670. The number of hydrogen-bond acceptors (Lipinski definition) is 4. The first-order valence-corrected chi connectivity index (χ1v) is 3.81. The van der Waals surface area contributed by atoms with Gasteiger partial charge < -0.3 is 10.5 Å². The molecule has 1 heterocycles. The number of rotatable bonds is 4. The summed E-state index contributed by atoms with van der Waals surface area (Å²) in [7, 11) is 0. The lowest BCUT2D eigenvalue weighted by Crippen LogP contribution is -2.07. The fourth-order valence-electron chi connectivity index (χ4n) is 0.846. The molecule has 0 saturated carbocycles. The second-order valence-corrected chi connectivity index (χ2v) is 2.63. The zero-order chi connectivity index (χ0) is 8.97. The van der Waals surface area contributed by atoms with Crippen LogP contribution in [0.3, 0.4) is 0 Å². The molecule has 0 unspecified atom stereocenters. The summed E-state index contributed by atoms with van der Waals surface area (Å²) in [6, 6.07) is 0. The molecule has 1 rings (SSSR count). The van der Waals surface area contributed by atoms with Gasteiger partial charge in [-0.1, -0.05) is 5.21 Å². The highest BCUT2D eigenvalue weighted by Crippen LogP contribution is 1.97. The number of hydrogen-bond donors (Lipinski definition) is 1. The maximum absolute atomic E-state index is 10.6. The summed E-state index contributed by atoms with van der Waals surface area (Å²) >= 11 is 0. The molecule has 1 aromatic heterocycles. The van der Waals surface area contributed by atoms with E-state index in [2.05, 4.69) is 10.3 Å². The minimum Gasteiger partial charge on any atom is -0.312 e. The Balaban J connectivity index is 2.47. The minimum atomic E-state index is 0.164. The van der Waals surface area contributed by atoms with E-state index in [1.165, 1.54) is 4.68 Å². The van der Waals surface area contributed by atoms with Crippen LogP contribution in [0.4, 0.5) is 0 Å². The third-order valence-electron chi connectivity index (χ3n) is 1.51. The van der Waals surface area contributed by atoms with Crippen molar-refractivity contribution in [3.8, 4) is 0 Å². The van der Waals surface area contributed by atoms with Crippen LogP contribution in [-0.2, 0) is 17.9 Å². The summed E-state index contributed by atoms with van der Waals surface area (Å²) in [5, 5.41) is 7.58. The number of ketones is 1. The van der Waals surface area contributed by atoms with Crippen molar-refractivity contribution >= 4 is 5.78 Å². The van der Waals surface area contributed by atoms with Crippen LogP contribution < -0.4 is 5.73 Å². The molecule has 1 aromatic rings. The van der Waals surface area contributed by atoms with E-state index in [1.54, 1.807) is 13.1 Å². The van der Waals surface area contributed by atoms with Gasteiger partial charge in [-0.05, 0) is 13.3 Å². The summed E-state index contributed by atoms with van der Waals surface area (Å²) in [5.41, 5.74) is 6.13. The third-order valence-corrected chi connectivity index (χ3v) is 1.51. The number of nitrogens with two attached hydrogens (primary N) is 1. The van der Waals surface area contributed by atoms with Crippen molar-refractivity contribution < 1.29 is 4.79 Å². The number of nitrogens with zero attached hydrogens (tertiary/aromatic N) is 3. The Labute approximate surface area is 70.6 Å². The molecule has 0 radical (unpaired) electrons. The van der Waals surface area contributed by atoms with E-state index in [9.17, 15) is 4.79 Å². The van der Waals surface area contributed by atoms with Crippen LogP contribution in [0.15, 0.2) is 6.20 Å². The number of Topliss-reactive ketones (excluding diaryl/α,β-unsaturated/α-hetero) is 1. The minimum absolute atomic E-state index is 0.164. The van der Waals surface area contributed by atoms with Gasteiger partial charge in [0.25, 0.3) is 0 Å². The van der Waals surface area contributed by atoms with Crippen molar-refractivity contribution in [1.29, 1.82) is 0 Å². The first kappa shape index (κ1) is 8.86. The molecule has 0 bridgehead atoms. The summed E-state index contributed by atoms with van der Waals surface area (Å²) in [6.07, 6.45) is 2.92. The number of carbonyl (C=O) groups is 1. The molecule has 5 heteroatoms. The van der Waals surface area contributed by atoms with E-state index in [1.807, 2.05) is 0 Å².